The van der Waals surface area contributed by atoms with Gasteiger partial charge in [0.25, 0.3) is 0 Å². The van der Waals surface area contributed by atoms with Crippen molar-refractivity contribution in [3.63, 3.8) is 0 Å². The van der Waals surface area contributed by atoms with Crippen molar-refractivity contribution >= 4 is 40.3 Å². The van der Waals surface area contributed by atoms with Gasteiger partial charge in [-0.05, 0) is 11.4 Å². The molecule has 1 saturated heterocycles. The number of thiazole rings is 1. The number of amides is 1. The molecule has 0 unspecified atom stereocenters. The van der Waals surface area contributed by atoms with Crippen LogP contribution in [-0.2, 0) is 11.2 Å². The molecule has 3 rings (SSSR count). The average molecular weight is 325 g/mol. The third-order valence-electron chi connectivity index (χ3n) is 3.08. The van der Waals surface area contributed by atoms with Crippen LogP contribution in [0.2, 0.25) is 0 Å². The summed E-state index contributed by atoms with van der Waals surface area (Å²) < 4.78 is 0. The van der Waals surface area contributed by atoms with Gasteiger partial charge in [-0.3, -0.25) is 10.1 Å². The molecule has 1 fully saturated rings. The third-order valence-corrected chi connectivity index (χ3v) is 5.81. The van der Waals surface area contributed by atoms with E-state index in [1.807, 2.05) is 11.4 Å². The molecular formula is C13H15N3OS3. The van der Waals surface area contributed by atoms with Crippen LogP contribution in [0.25, 0.3) is 0 Å². The van der Waals surface area contributed by atoms with Gasteiger partial charge in [-0.2, -0.15) is 0 Å². The highest BCUT2D eigenvalue weighted by Crippen LogP contribution is 2.23. The molecule has 1 aliphatic rings. The molecule has 0 radical (unpaired) electrons. The molecule has 2 aromatic heterocycles. The number of hydrogen-bond acceptors (Lipinski definition) is 6. The Kier molecular flexibility index (Phi) is 4.72. The molecule has 2 aromatic rings. The maximum absolute atomic E-state index is 12.3. The summed E-state index contributed by atoms with van der Waals surface area (Å²) in [4.78, 5) is 17.9. The summed E-state index contributed by atoms with van der Waals surface area (Å²) in [7, 11) is 0. The summed E-state index contributed by atoms with van der Waals surface area (Å²) in [5.74, 6) is 1.77. The number of aromatic nitrogens is 1. The minimum atomic E-state index is -0.0780. The van der Waals surface area contributed by atoms with E-state index in [0.717, 1.165) is 23.1 Å². The van der Waals surface area contributed by atoms with Crippen molar-refractivity contribution < 1.29 is 4.79 Å². The van der Waals surface area contributed by atoms with Gasteiger partial charge in [0.1, 0.15) is 5.01 Å². The van der Waals surface area contributed by atoms with Crippen molar-refractivity contribution in [2.75, 3.05) is 11.6 Å². The van der Waals surface area contributed by atoms with Crippen molar-refractivity contribution in [2.45, 2.75) is 18.5 Å². The minimum Gasteiger partial charge on any atom is -0.345 e. The quantitative estimate of drug-likeness (QED) is 0.885. The van der Waals surface area contributed by atoms with Crippen LogP contribution in [0.5, 0.6) is 0 Å². The number of thioether (sulfide) groups is 1. The van der Waals surface area contributed by atoms with Gasteiger partial charge in [0.15, 0.2) is 0 Å². The van der Waals surface area contributed by atoms with E-state index >= 15 is 0 Å². The topological polar surface area (TPSA) is 54.0 Å². The number of nitrogens with one attached hydrogen (secondary N) is 2. The highest BCUT2D eigenvalue weighted by atomic mass is 32.2. The van der Waals surface area contributed by atoms with E-state index in [1.54, 1.807) is 40.6 Å². The van der Waals surface area contributed by atoms with Gasteiger partial charge in [-0.15, -0.1) is 34.4 Å². The average Bonchev–Trinajstić information content (AvgIpc) is 3.20. The highest BCUT2D eigenvalue weighted by Gasteiger charge is 2.26. The SMILES string of the molecule is O=C(N[C@H](Cc1cccs1)c1nccs1)[C@H]1CSCN1. The fourth-order valence-electron chi connectivity index (χ4n) is 2.07. The zero-order valence-corrected chi connectivity index (χ0v) is 13.2. The van der Waals surface area contributed by atoms with Crippen LogP contribution in [0, 0.1) is 0 Å². The Morgan fingerprint density at radius 2 is 2.45 bits per heavy atom. The number of thiophene rings is 1. The number of carbonyl (C=O) groups excluding carboxylic acids is 1. The molecule has 2 atom stereocenters. The molecule has 0 aliphatic carbocycles. The summed E-state index contributed by atoms with van der Waals surface area (Å²) in [6.07, 6.45) is 2.59. The number of nitrogens with zero attached hydrogens (tertiary/aromatic N) is 1. The van der Waals surface area contributed by atoms with Crippen LogP contribution in [0.3, 0.4) is 0 Å². The lowest BCUT2D eigenvalue weighted by atomic mass is 10.1. The molecule has 0 saturated carbocycles. The van der Waals surface area contributed by atoms with Gasteiger partial charge in [0.2, 0.25) is 5.91 Å². The minimum absolute atomic E-state index is 0.0338. The van der Waals surface area contributed by atoms with Crippen molar-refractivity contribution in [1.29, 1.82) is 0 Å². The first-order valence-corrected chi connectivity index (χ1v) is 9.27. The lowest BCUT2D eigenvalue weighted by Crippen LogP contribution is -2.43. The van der Waals surface area contributed by atoms with E-state index in [2.05, 4.69) is 27.1 Å². The predicted molar refractivity (Wildman–Crippen MR) is 85.3 cm³/mol. The highest BCUT2D eigenvalue weighted by molar-refractivity contribution is 7.99. The molecule has 106 valence electrons. The van der Waals surface area contributed by atoms with Crippen LogP contribution in [0.4, 0.5) is 0 Å². The second-order valence-corrected chi connectivity index (χ2v) is 7.48. The van der Waals surface area contributed by atoms with Gasteiger partial charge in [0.05, 0.1) is 12.1 Å². The Bertz CT molecular complexity index is 535. The van der Waals surface area contributed by atoms with E-state index < -0.39 is 0 Å². The number of carbonyl (C=O) groups is 1. The van der Waals surface area contributed by atoms with Gasteiger partial charge in [-0.1, -0.05) is 6.07 Å². The largest absolute Gasteiger partial charge is 0.345 e. The van der Waals surface area contributed by atoms with Crippen LogP contribution in [-0.4, -0.2) is 28.6 Å². The van der Waals surface area contributed by atoms with Gasteiger partial charge in [-0.25, -0.2) is 4.98 Å². The molecule has 20 heavy (non-hydrogen) atoms. The molecule has 1 aliphatic heterocycles. The molecule has 1 amide bonds. The Balaban J connectivity index is 1.70. The molecule has 7 heteroatoms. The van der Waals surface area contributed by atoms with Crippen LogP contribution < -0.4 is 10.6 Å². The van der Waals surface area contributed by atoms with E-state index in [0.29, 0.717) is 0 Å². The first-order chi connectivity index (χ1) is 9.83. The molecule has 3 heterocycles. The molecule has 0 aromatic carbocycles. The van der Waals surface area contributed by atoms with Crippen LogP contribution in [0.15, 0.2) is 29.1 Å². The smallest absolute Gasteiger partial charge is 0.238 e. The summed E-state index contributed by atoms with van der Waals surface area (Å²) in [6, 6.07) is 4.02. The number of hydrogen-bond donors (Lipinski definition) is 2. The van der Waals surface area contributed by atoms with E-state index in [9.17, 15) is 4.79 Å². The summed E-state index contributed by atoms with van der Waals surface area (Å²) in [6.45, 7) is 0. The lowest BCUT2D eigenvalue weighted by Gasteiger charge is -2.18. The van der Waals surface area contributed by atoms with Crippen LogP contribution in [0.1, 0.15) is 15.9 Å². The van der Waals surface area contributed by atoms with Crippen molar-refractivity contribution in [1.82, 2.24) is 15.6 Å². The van der Waals surface area contributed by atoms with E-state index in [1.165, 1.54) is 4.88 Å². The first kappa shape index (κ1) is 14.1. The molecule has 2 N–H and O–H groups in total. The maximum atomic E-state index is 12.3. The van der Waals surface area contributed by atoms with E-state index in [-0.39, 0.29) is 18.0 Å². The standard InChI is InChI=1S/C13H15N3OS3/c17-12(11-7-18-8-15-11)16-10(13-14-3-5-20-13)6-9-2-1-4-19-9/h1-5,10-11,15H,6-8H2,(H,16,17)/t10-,11-/m1/s1. The maximum Gasteiger partial charge on any atom is 0.238 e. The predicted octanol–water partition coefficient (Wildman–Crippen LogP) is 2.27. The summed E-state index contributed by atoms with van der Waals surface area (Å²) >= 11 is 5.06. The third kappa shape index (κ3) is 3.41. The summed E-state index contributed by atoms with van der Waals surface area (Å²) in [5, 5.41) is 11.3. The van der Waals surface area contributed by atoms with Crippen molar-refractivity contribution in [3.8, 4) is 0 Å². The lowest BCUT2D eigenvalue weighted by molar-refractivity contribution is -0.123. The Morgan fingerprint density at radius 3 is 3.10 bits per heavy atom. The van der Waals surface area contributed by atoms with E-state index in [4.69, 9.17) is 0 Å². The van der Waals surface area contributed by atoms with Crippen molar-refractivity contribution in [3.05, 3.63) is 39.0 Å². The Morgan fingerprint density at radius 1 is 1.50 bits per heavy atom. The molecule has 0 spiro atoms. The van der Waals surface area contributed by atoms with Crippen molar-refractivity contribution in [2.24, 2.45) is 0 Å². The summed E-state index contributed by atoms with van der Waals surface area (Å²) in [5.41, 5.74) is 0. The fraction of sp³-hybridized carbons (Fsp3) is 0.385. The Hall–Kier alpha value is -0.890. The molecule has 0 bridgehead atoms. The Labute approximate surface area is 130 Å². The second-order valence-electron chi connectivity index (χ2n) is 4.49. The van der Waals surface area contributed by atoms with Gasteiger partial charge in [0, 0.05) is 34.5 Å². The zero-order valence-electron chi connectivity index (χ0n) is 10.7. The normalized spacial score (nSPS) is 19.9. The second kappa shape index (κ2) is 6.71. The van der Waals surface area contributed by atoms with Gasteiger partial charge < -0.3 is 5.32 Å². The fourth-order valence-corrected chi connectivity index (χ4v) is 4.46. The monoisotopic (exact) mass is 325 g/mol. The molecular weight excluding hydrogens is 310 g/mol. The first-order valence-electron chi connectivity index (χ1n) is 6.36. The van der Waals surface area contributed by atoms with Crippen LogP contribution >= 0.6 is 34.4 Å². The molecule has 4 nitrogen and oxygen atoms in total. The van der Waals surface area contributed by atoms with Gasteiger partial charge >= 0.3 is 0 Å². The zero-order chi connectivity index (χ0) is 13.8. The number of rotatable bonds is 5.